The number of hydrogen-bond donors (Lipinski definition) is 2. The van der Waals surface area contributed by atoms with Gasteiger partial charge in [0, 0.05) is 0 Å². The van der Waals surface area contributed by atoms with Crippen LogP contribution in [0, 0.1) is 17.1 Å². The van der Waals surface area contributed by atoms with Gasteiger partial charge >= 0.3 is 7.82 Å². The van der Waals surface area contributed by atoms with Gasteiger partial charge in [-0.15, -0.1) is 0 Å². The molecule has 0 unspecified atom stereocenters. The molecule has 0 fully saturated rings. The van der Waals surface area contributed by atoms with Crippen LogP contribution in [0.5, 0.6) is 0 Å². The molecule has 0 aromatic heterocycles. The van der Waals surface area contributed by atoms with Gasteiger partial charge in [-0.1, -0.05) is 103 Å². The Morgan fingerprint density at radius 2 is 1.40 bits per heavy atom. The summed E-state index contributed by atoms with van der Waals surface area (Å²) in [6.45, 7) is 2.06. The Kier molecular flexibility index (Phi) is 18.0. The standard InChI is InChI=1S/C27H45FNO5P/c1-2-3-4-5-6-7-8-9-10-11-12-13-14-15-16-17-27(23-34-35(30,31)32)33-22-25-18-24(21-29)19-26(28)20-25/h18-20,27H,2-17,22-23H2,1H3,(H2,30,31,32)/t27-/m1/s1. The van der Waals surface area contributed by atoms with Crippen molar-refractivity contribution in [2.75, 3.05) is 6.61 Å². The van der Waals surface area contributed by atoms with E-state index in [2.05, 4.69) is 11.4 Å². The Labute approximate surface area is 211 Å². The molecule has 0 aliphatic heterocycles. The van der Waals surface area contributed by atoms with E-state index >= 15 is 0 Å². The topological polar surface area (TPSA) is 99.8 Å². The van der Waals surface area contributed by atoms with E-state index in [0.29, 0.717) is 12.0 Å². The zero-order valence-corrected chi connectivity index (χ0v) is 22.3. The number of ether oxygens (including phenoxy) is 1. The van der Waals surface area contributed by atoms with Crippen molar-refractivity contribution in [1.82, 2.24) is 0 Å². The minimum atomic E-state index is -4.59. The van der Waals surface area contributed by atoms with E-state index < -0.39 is 19.7 Å². The third-order valence-electron chi connectivity index (χ3n) is 6.13. The fourth-order valence-electron chi connectivity index (χ4n) is 4.15. The van der Waals surface area contributed by atoms with Crippen LogP contribution in [0.4, 0.5) is 4.39 Å². The highest BCUT2D eigenvalue weighted by atomic mass is 31.2. The van der Waals surface area contributed by atoms with Crippen molar-refractivity contribution >= 4 is 7.82 Å². The van der Waals surface area contributed by atoms with E-state index in [9.17, 15) is 8.96 Å². The van der Waals surface area contributed by atoms with E-state index in [1.807, 2.05) is 6.07 Å². The van der Waals surface area contributed by atoms with Crippen molar-refractivity contribution in [1.29, 1.82) is 5.26 Å². The Morgan fingerprint density at radius 1 is 0.886 bits per heavy atom. The van der Waals surface area contributed by atoms with Crippen LogP contribution in [0.15, 0.2) is 18.2 Å². The summed E-state index contributed by atoms with van der Waals surface area (Å²) in [7, 11) is -4.59. The van der Waals surface area contributed by atoms with E-state index in [1.54, 1.807) is 0 Å². The molecule has 200 valence electrons. The lowest BCUT2D eigenvalue weighted by Gasteiger charge is -2.18. The summed E-state index contributed by atoms with van der Waals surface area (Å²) in [5.41, 5.74) is 0.702. The Balaban J connectivity index is 2.18. The number of nitrogens with zero attached hydrogens (tertiary/aromatic N) is 1. The molecule has 2 N–H and O–H groups in total. The molecule has 1 atom stereocenters. The van der Waals surface area contributed by atoms with Crippen LogP contribution in [-0.2, 0) is 20.4 Å². The van der Waals surface area contributed by atoms with Crippen molar-refractivity contribution in [2.24, 2.45) is 0 Å². The van der Waals surface area contributed by atoms with E-state index in [0.717, 1.165) is 25.3 Å². The maximum Gasteiger partial charge on any atom is 0.469 e. The minimum absolute atomic E-state index is 0.0420. The van der Waals surface area contributed by atoms with Crippen molar-refractivity contribution in [3.63, 3.8) is 0 Å². The van der Waals surface area contributed by atoms with Gasteiger partial charge in [-0.3, -0.25) is 4.52 Å². The van der Waals surface area contributed by atoms with Crippen LogP contribution < -0.4 is 0 Å². The molecule has 0 saturated heterocycles. The number of benzene rings is 1. The molecule has 1 aromatic rings. The number of phosphoric ester groups is 1. The molecule has 0 radical (unpaired) electrons. The highest BCUT2D eigenvalue weighted by Crippen LogP contribution is 2.36. The number of rotatable bonds is 22. The maximum absolute atomic E-state index is 13.6. The zero-order valence-electron chi connectivity index (χ0n) is 21.4. The van der Waals surface area contributed by atoms with Crippen molar-refractivity contribution in [3.8, 4) is 6.07 Å². The molecule has 0 aliphatic rings. The summed E-state index contributed by atoms with van der Waals surface area (Å²) in [5, 5.41) is 8.98. The molecule has 0 bridgehead atoms. The van der Waals surface area contributed by atoms with Gasteiger partial charge in [-0.05, 0) is 30.2 Å². The summed E-state index contributed by atoms with van der Waals surface area (Å²) in [6.07, 6.45) is 19.0. The molecule has 0 aliphatic carbocycles. The summed E-state index contributed by atoms with van der Waals surface area (Å²) in [5.74, 6) is -0.520. The second-order valence-corrected chi connectivity index (χ2v) is 10.7. The third kappa shape index (κ3) is 18.6. The number of hydrogen-bond acceptors (Lipinski definition) is 4. The normalized spacial score (nSPS) is 12.5. The quantitative estimate of drug-likeness (QED) is 0.121. The van der Waals surface area contributed by atoms with Crippen LogP contribution in [0.3, 0.4) is 0 Å². The molecule has 1 aromatic carbocycles. The SMILES string of the molecule is CCCCCCCCCCCCCCCCC[C@H](COP(=O)(O)O)OCc1cc(F)cc(C#N)c1. The lowest BCUT2D eigenvalue weighted by atomic mass is 10.0. The second-order valence-electron chi connectivity index (χ2n) is 9.42. The molecule has 0 spiro atoms. The molecule has 1 rings (SSSR count). The maximum atomic E-state index is 13.6. The zero-order chi connectivity index (χ0) is 25.8. The first-order valence-electron chi connectivity index (χ1n) is 13.3. The summed E-state index contributed by atoms with van der Waals surface area (Å²) < 4.78 is 35.1. The van der Waals surface area contributed by atoms with Gasteiger partial charge in [0.05, 0.1) is 31.0 Å². The lowest BCUT2D eigenvalue weighted by Crippen LogP contribution is -2.19. The van der Waals surface area contributed by atoms with Crippen LogP contribution >= 0.6 is 7.82 Å². The average Bonchev–Trinajstić information content (AvgIpc) is 2.81. The second kappa shape index (κ2) is 19.8. The van der Waals surface area contributed by atoms with Crippen LogP contribution in [-0.4, -0.2) is 22.5 Å². The number of halogens is 1. The minimum Gasteiger partial charge on any atom is -0.371 e. The molecule has 6 nitrogen and oxygen atoms in total. The Hall–Kier alpha value is -1.29. The lowest BCUT2D eigenvalue weighted by molar-refractivity contribution is -0.00383. The fraction of sp³-hybridized carbons (Fsp3) is 0.741. The Morgan fingerprint density at radius 3 is 1.89 bits per heavy atom. The first-order chi connectivity index (χ1) is 16.8. The number of nitriles is 1. The first kappa shape index (κ1) is 31.7. The molecular weight excluding hydrogens is 468 g/mol. The predicted octanol–water partition coefficient (Wildman–Crippen LogP) is 7.95. The Bertz CT molecular complexity index is 764. The van der Waals surface area contributed by atoms with E-state index in [-0.39, 0.29) is 18.8 Å². The van der Waals surface area contributed by atoms with Gasteiger partial charge in [-0.25, -0.2) is 8.96 Å². The fourth-order valence-corrected chi connectivity index (χ4v) is 4.51. The highest BCUT2D eigenvalue weighted by Gasteiger charge is 2.19. The third-order valence-corrected chi connectivity index (χ3v) is 6.62. The van der Waals surface area contributed by atoms with Gasteiger partial charge < -0.3 is 14.5 Å². The first-order valence-corrected chi connectivity index (χ1v) is 14.9. The number of unbranched alkanes of at least 4 members (excludes halogenated alkanes) is 14. The van der Waals surface area contributed by atoms with Crippen LogP contribution in [0.25, 0.3) is 0 Å². The monoisotopic (exact) mass is 513 g/mol. The van der Waals surface area contributed by atoms with Gasteiger partial charge in [0.2, 0.25) is 0 Å². The predicted molar refractivity (Wildman–Crippen MR) is 137 cm³/mol. The van der Waals surface area contributed by atoms with Crippen LogP contribution in [0.2, 0.25) is 0 Å². The van der Waals surface area contributed by atoms with Gasteiger partial charge in [-0.2, -0.15) is 5.26 Å². The summed E-state index contributed by atoms with van der Waals surface area (Å²) in [4.78, 5) is 18.0. The smallest absolute Gasteiger partial charge is 0.371 e. The van der Waals surface area contributed by atoms with Crippen molar-refractivity contribution in [2.45, 2.75) is 122 Å². The van der Waals surface area contributed by atoms with Gasteiger partial charge in [0.15, 0.2) is 0 Å². The largest absolute Gasteiger partial charge is 0.469 e. The van der Waals surface area contributed by atoms with Crippen LogP contribution in [0.1, 0.15) is 121 Å². The highest BCUT2D eigenvalue weighted by molar-refractivity contribution is 7.46. The molecule has 8 heteroatoms. The molecule has 0 amide bonds. The van der Waals surface area contributed by atoms with Gasteiger partial charge in [0.1, 0.15) is 5.82 Å². The number of phosphoric acid groups is 1. The molecule has 0 heterocycles. The summed E-state index contributed by atoms with van der Waals surface area (Å²) >= 11 is 0. The molecule has 0 saturated carbocycles. The summed E-state index contributed by atoms with van der Waals surface area (Å²) in [6, 6.07) is 5.87. The van der Waals surface area contributed by atoms with Gasteiger partial charge in [0.25, 0.3) is 0 Å². The average molecular weight is 514 g/mol. The van der Waals surface area contributed by atoms with Crippen molar-refractivity contribution in [3.05, 3.63) is 35.1 Å². The van der Waals surface area contributed by atoms with Crippen molar-refractivity contribution < 1.29 is 28.0 Å². The molecular formula is C27H45FNO5P. The van der Waals surface area contributed by atoms with E-state index in [4.69, 9.17) is 19.8 Å². The van der Waals surface area contributed by atoms with E-state index in [1.165, 1.54) is 89.2 Å². The molecule has 35 heavy (non-hydrogen) atoms.